The highest BCUT2D eigenvalue weighted by Gasteiger charge is 2.08. The molecule has 0 N–H and O–H groups in total. The minimum atomic E-state index is -0.298. The molecular weight excluding hydrogens is 262 g/mol. The zero-order chi connectivity index (χ0) is 14.7. The van der Waals surface area contributed by atoms with Crippen LogP contribution in [0.15, 0.2) is 60.8 Å². The topological polar surface area (TPSA) is 31.2 Å². The van der Waals surface area contributed by atoms with Gasteiger partial charge in [-0.3, -0.25) is 0 Å². The second-order valence-corrected chi connectivity index (χ2v) is 5.01. The zero-order valence-electron chi connectivity index (χ0n) is 12.0. The van der Waals surface area contributed by atoms with E-state index in [1.54, 1.807) is 6.07 Å². The van der Waals surface area contributed by atoms with Crippen LogP contribution in [0.2, 0.25) is 0 Å². The van der Waals surface area contributed by atoms with Crippen molar-refractivity contribution in [3.8, 4) is 0 Å². The largest absolute Gasteiger partial charge is 0.465 e. The van der Waals surface area contributed by atoms with Gasteiger partial charge in [0.15, 0.2) is 0 Å². The fraction of sp³-hybridized carbons (Fsp3) is 0.167. The molecule has 0 atom stereocenters. The molecule has 0 aliphatic rings. The fourth-order valence-corrected chi connectivity index (χ4v) is 2.52. The number of aryl methyl sites for hydroxylation is 2. The van der Waals surface area contributed by atoms with Crippen molar-refractivity contribution in [2.75, 3.05) is 7.11 Å². The highest BCUT2D eigenvalue weighted by molar-refractivity contribution is 5.94. The smallest absolute Gasteiger partial charge is 0.337 e. The standard InChI is InChI=1S/C18H17NO2/c1-21-18(20)16-8-7-15-10-12-19(17(15)13-16)11-9-14-5-3-2-4-6-14/h2-8,10,12-13H,9,11H2,1H3. The van der Waals surface area contributed by atoms with Crippen LogP contribution < -0.4 is 0 Å². The number of ether oxygens (including phenoxy) is 1. The Morgan fingerprint density at radius 1 is 1.10 bits per heavy atom. The van der Waals surface area contributed by atoms with Crippen molar-refractivity contribution in [3.05, 3.63) is 71.9 Å². The van der Waals surface area contributed by atoms with Gasteiger partial charge in [0.05, 0.1) is 12.7 Å². The molecule has 0 aliphatic carbocycles. The summed E-state index contributed by atoms with van der Waals surface area (Å²) >= 11 is 0. The van der Waals surface area contributed by atoms with Gasteiger partial charge in [0.1, 0.15) is 0 Å². The summed E-state index contributed by atoms with van der Waals surface area (Å²) < 4.78 is 6.96. The Hall–Kier alpha value is -2.55. The first-order valence-corrected chi connectivity index (χ1v) is 6.99. The lowest BCUT2D eigenvalue weighted by Crippen LogP contribution is -2.03. The molecule has 0 saturated carbocycles. The molecule has 0 saturated heterocycles. The average molecular weight is 279 g/mol. The Morgan fingerprint density at radius 3 is 2.67 bits per heavy atom. The molecule has 106 valence electrons. The van der Waals surface area contributed by atoms with Crippen LogP contribution in [-0.2, 0) is 17.7 Å². The van der Waals surface area contributed by atoms with Crippen LogP contribution in [0.3, 0.4) is 0 Å². The lowest BCUT2D eigenvalue weighted by Gasteiger charge is -2.07. The number of carbonyl (C=O) groups is 1. The number of carbonyl (C=O) groups excluding carboxylic acids is 1. The van der Waals surface area contributed by atoms with Crippen molar-refractivity contribution < 1.29 is 9.53 Å². The lowest BCUT2D eigenvalue weighted by atomic mass is 10.1. The van der Waals surface area contributed by atoms with Crippen molar-refractivity contribution in [1.29, 1.82) is 0 Å². The molecule has 0 aliphatic heterocycles. The molecule has 1 heterocycles. The molecule has 3 rings (SSSR count). The summed E-state index contributed by atoms with van der Waals surface area (Å²) in [5.41, 5.74) is 2.96. The van der Waals surface area contributed by atoms with Gasteiger partial charge >= 0.3 is 5.97 Å². The number of fused-ring (bicyclic) bond motifs is 1. The minimum Gasteiger partial charge on any atom is -0.465 e. The number of hydrogen-bond donors (Lipinski definition) is 0. The van der Waals surface area contributed by atoms with Gasteiger partial charge in [-0.15, -0.1) is 0 Å². The van der Waals surface area contributed by atoms with Crippen LogP contribution in [0.5, 0.6) is 0 Å². The summed E-state index contributed by atoms with van der Waals surface area (Å²) in [6.07, 6.45) is 3.03. The van der Waals surface area contributed by atoms with E-state index in [0.717, 1.165) is 23.9 Å². The van der Waals surface area contributed by atoms with E-state index in [2.05, 4.69) is 41.1 Å². The first-order chi connectivity index (χ1) is 10.3. The summed E-state index contributed by atoms with van der Waals surface area (Å²) in [6.45, 7) is 0.887. The van der Waals surface area contributed by atoms with E-state index >= 15 is 0 Å². The van der Waals surface area contributed by atoms with Gasteiger partial charge in [0.25, 0.3) is 0 Å². The molecule has 0 spiro atoms. The normalized spacial score (nSPS) is 10.7. The third-order valence-electron chi connectivity index (χ3n) is 3.68. The summed E-state index contributed by atoms with van der Waals surface area (Å²) in [6, 6.07) is 18.1. The third kappa shape index (κ3) is 2.82. The van der Waals surface area contributed by atoms with Gasteiger partial charge in [-0.2, -0.15) is 0 Å². The van der Waals surface area contributed by atoms with E-state index in [1.165, 1.54) is 12.7 Å². The highest BCUT2D eigenvalue weighted by atomic mass is 16.5. The Labute approximate surface area is 123 Å². The second-order valence-electron chi connectivity index (χ2n) is 5.01. The number of aromatic nitrogens is 1. The zero-order valence-corrected chi connectivity index (χ0v) is 12.0. The number of rotatable bonds is 4. The van der Waals surface area contributed by atoms with Crippen LogP contribution in [0.25, 0.3) is 10.9 Å². The SMILES string of the molecule is COC(=O)c1ccc2ccn(CCc3ccccc3)c2c1. The van der Waals surface area contributed by atoms with Crippen molar-refractivity contribution in [2.45, 2.75) is 13.0 Å². The second kappa shape index (κ2) is 5.83. The van der Waals surface area contributed by atoms with Crippen LogP contribution in [0.4, 0.5) is 0 Å². The van der Waals surface area contributed by atoms with E-state index < -0.39 is 0 Å². The molecule has 1 aromatic heterocycles. The van der Waals surface area contributed by atoms with Gasteiger partial charge < -0.3 is 9.30 Å². The summed E-state index contributed by atoms with van der Waals surface area (Å²) in [5.74, 6) is -0.298. The summed E-state index contributed by atoms with van der Waals surface area (Å²) in [5, 5.41) is 1.13. The molecule has 0 fully saturated rings. The maximum atomic E-state index is 11.6. The Bertz CT molecular complexity index is 759. The molecule has 0 bridgehead atoms. The summed E-state index contributed by atoms with van der Waals surface area (Å²) in [4.78, 5) is 11.6. The van der Waals surface area contributed by atoms with Crippen LogP contribution in [0.1, 0.15) is 15.9 Å². The quantitative estimate of drug-likeness (QED) is 0.682. The molecular formula is C18H17NO2. The Morgan fingerprint density at radius 2 is 1.90 bits per heavy atom. The summed E-state index contributed by atoms with van der Waals surface area (Å²) in [7, 11) is 1.40. The maximum absolute atomic E-state index is 11.6. The van der Waals surface area contributed by atoms with Crippen LogP contribution in [0, 0.1) is 0 Å². The van der Waals surface area contributed by atoms with E-state index in [-0.39, 0.29) is 5.97 Å². The van der Waals surface area contributed by atoms with Crippen molar-refractivity contribution in [1.82, 2.24) is 4.57 Å². The van der Waals surface area contributed by atoms with Gasteiger partial charge in [0.2, 0.25) is 0 Å². The number of hydrogen-bond acceptors (Lipinski definition) is 2. The van der Waals surface area contributed by atoms with Gasteiger partial charge in [-0.05, 0) is 35.6 Å². The van der Waals surface area contributed by atoms with E-state index in [1.807, 2.05) is 18.2 Å². The van der Waals surface area contributed by atoms with Gasteiger partial charge in [0, 0.05) is 18.3 Å². The Balaban J connectivity index is 1.86. The first-order valence-electron chi connectivity index (χ1n) is 6.99. The molecule has 0 amide bonds. The highest BCUT2D eigenvalue weighted by Crippen LogP contribution is 2.19. The van der Waals surface area contributed by atoms with E-state index in [4.69, 9.17) is 4.74 Å². The molecule has 3 nitrogen and oxygen atoms in total. The average Bonchev–Trinajstić information content (AvgIpc) is 2.95. The molecule has 0 radical (unpaired) electrons. The Kier molecular flexibility index (Phi) is 3.73. The molecule has 3 aromatic rings. The third-order valence-corrected chi connectivity index (χ3v) is 3.68. The van der Waals surface area contributed by atoms with Crippen molar-refractivity contribution in [2.24, 2.45) is 0 Å². The molecule has 2 aromatic carbocycles. The van der Waals surface area contributed by atoms with Crippen LogP contribution in [-0.4, -0.2) is 17.6 Å². The molecule has 21 heavy (non-hydrogen) atoms. The maximum Gasteiger partial charge on any atom is 0.337 e. The van der Waals surface area contributed by atoms with Crippen molar-refractivity contribution >= 4 is 16.9 Å². The minimum absolute atomic E-state index is 0.298. The van der Waals surface area contributed by atoms with E-state index in [0.29, 0.717) is 5.56 Å². The predicted octanol–water partition coefficient (Wildman–Crippen LogP) is 3.67. The molecule has 3 heteroatoms. The van der Waals surface area contributed by atoms with Gasteiger partial charge in [-0.1, -0.05) is 36.4 Å². The lowest BCUT2D eigenvalue weighted by molar-refractivity contribution is 0.0601. The molecule has 0 unspecified atom stereocenters. The van der Waals surface area contributed by atoms with Crippen LogP contribution >= 0.6 is 0 Å². The first kappa shape index (κ1) is 13.4. The number of benzene rings is 2. The monoisotopic (exact) mass is 279 g/mol. The van der Waals surface area contributed by atoms with Gasteiger partial charge in [-0.25, -0.2) is 4.79 Å². The predicted molar refractivity (Wildman–Crippen MR) is 83.4 cm³/mol. The number of methoxy groups -OCH3 is 1. The number of nitrogens with zero attached hydrogens (tertiary/aromatic N) is 1. The number of esters is 1. The van der Waals surface area contributed by atoms with Crippen molar-refractivity contribution in [3.63, 3.8) is 0 Å². The van der Waals surface area contributed by atoms with E-state index in [9.17, 15) is 4.79 Å². The fourth-order valence-electron chi connectivity index (χ4n) is 2.52.